The van der Waals surface area contributed by atoms with Crippen molar-refractivity contribution in [2.24, 2.45) is 0 Å². The normalized spacial score (nSPS) is 24.6. The first-order chi connectivity index (χ1) is 8.19. The van der Waals surface area contributed by atoms with Gasteiger partial charge < -0.3 is 10.1 Å². The van der Waals surface area contributed by atoms with E-state index in [2.05, 4.69) is 12.2 Å². The molecule has 0 aliphatic carbocycles. The van der Waals surface area contributed by atoms with E-state index in [0.29, 0.717) is 12.1 Å². The van der Waals surface area contributed by atoms with E-state index in [4.69, 9.17) is 4.74 Å². The molecular weight excluding hydrogens is 217 g/mol. The topological polar surface area (TPSA) is 21.3 Å². The molecule has 0 bridgehead atoms. The minimum atomic E-state index is -0.175. The van der Waals surface area contributed by atoms with Crippen LogP contribution in [0, 0.1) is 12.7 Å². The summed E-state index contributed by atoms with van der Waals surface area (Å²) < 4.78 is 18.6. The second kappa shape index (κ2) is 5.50. The number of halogens is 1. The van der Waals surface area contributed by atoms with E-state index in [0.717, 1.165) is 37.1 Å². The predicted molar refractivity (Wildman–Crippen MR) is 67.8 cm³/mol. The van der Waals surface area contributed by atoms with Crippen molar-refractivity contribution in [3.05, 3.63) is 29.6 Å². The van der Waals surface area contributed by atoms with Crippen molar-refractivity contribution in [1.82, 2.24) is 0 Å². The van der Waals surface area contributed by atoms with Gasteiger partial charge in [-0.3, -0.25) is 0 Å². The number of nitrogens with one attached hydrogen (secondary N) is 1. The lowest BCUT2D eigenvalue weighted by molar-refractivity contribution is 0.00925. The van der Waals surface area contributed by atoms with E-state index < -0.39 is 0 Å². The second-order valence-corrected chi connectivity index (χ2v) is 4.73. The van der Waals surface area contributed by atoms with Gasteiger partial charge in [-0.1, -0.05) is 6.92 Å². The SMILES string of the molecule is CCC1CC(Nc2ccc(F)cc2C)CCO1. The van der Waals surface area contributed by atoms with E-state index in [-0.39, 0.29) is 5.82 Å². The fourth-order valence-corrected chi connectivity index (χ4v) is 2.30. The Kier molecular flexibility index (Phi) is 4.00. The van der Waals surface area contributed by atoms with Crippen LogP contribution in [-0.2, 0) is 4.74 Å². The molecule has 1 saturated heterocycles. The molecule has 1 aromatic rings. The van der Waals surface area contributed by atoms with Gasteiger partial charge >= 0.3 is 0 Å². The van der Waals surface area contributed by atoms with Crippen molar-refractivity contribution in [3.63, 3.8) is 0 Å². The van der Waals surface area contributed by atoms with Gasteiger partial charge in [-0.2, -0.15) is 0 Å². The quantitative estimate of drug-likeness (QED) is 0.868. The van der Waals surface area contributed by atoms with E-state index in [9.17, 15) is 4.39 Å². The minimum Gasteiger partial charge on any atom is -0.382 e. The van der Waals surface area contributed by atoms with Gasteiger partial charge in [0, 0.05) is 18.3 Å². The Morgan fingerprint density at radius 3 is 3.00 bits per heavy atom. The van der Waals surface area contributed by atoms with E-state index >= 15 is 0 Å². The molecule has 0 amide bonds. The maximum Gasteiger partial charge on any atom is 0.123 e. The molecule has 1 aliphatic rings. The van der Waals surface area contributed by atoms with Crippen LogP contribution in [0.2, 0.25) is 0 Å². The van der Waals surface area contributed by atoms with Gasteiger partial charge in [-0.25, -0.2) is 4.39 Å². The largest absolute Gasteiger partial charge is 0.382 e. The second-order valence-electron chi connectivity index (χ2n) is 4.73. The number of benzene rings is 1. The van der Waals surface area contributed by atoms with Crippen molar-refractivity contribution in [2.75, 3.05) is 11.9 Å². The van der Waals surface area contributed by atoms with Gasteiger partial charge in [0.25, 0.3) is 0 Å². The molecule has 2 nitrogen and oxygen atoms in total. The van der Waals surface area contributed by atoms with Crippen LogP contribution >= 0.6 is 0 Å². The van der Waals surface area contributed by atoms with Crippen LogP contribution in [0.25, 0.3) is 0 Å². The van der Waals surface area contributed by atoms with Gasteiger partial charge in [0.2, 0.25) is 0 Å². The van der Waals surface area contributed by atoms with Crippen molar-refractivity contribution < 1.29 is 9.13 Å². The van der Waals surface area contributed by atoms with E-state index in [1.165, 1.54) is 6.07 Å². The molecule has 2 atom stereocenters. The number of aryl methyl sites for hydroxylation is 1. The van der Waals surface area contributed by atoms with Crippen LogP contribution in [0.1, 0.15) is 31.7 Å². The third-order valence-electron chi connectivity index (χ3n) is 3.37. The Morgan fingerprint density at radius 2 is 2.29 bits per heavy atom. The maximum absolute atomic E-state index is 13.0. The number of anilines is 1. The molecule has 17 heavy (non-hydrogen) atoms. The Bertz CT molecular complexity index is 380. The Labute approximate surface area is 102 Å². The van der Waals surface area contributed by atoms with E-state index in [1.807, 2.05) is 13.0 Å². The lowest BCUT2D eigenvalue weighted by Crippen LogP contribution is -2.33. The van der Waals surface area contributed by atoms with Gasteiger partial charge in [-0.15, -0.1) is 0 Å². The summed E-state index contributed by atoms with van der Waals surface area (Å²) in [4.78, 5) is 0. The summed E-state index contributed by atoms with van der Waals surface area (Å²) in [5.74, 6) is -0.175. The zero-order valence-corrected chi connectivity index (χ0v) is 10.5. The van der Waals surface area contributed by atoms with Gasteiger partial charge in [-0.05, 0) is 49.9 Å². The standard InChI is InChI=1S/C14H20FNO/c1-3-13-9-12(6-7-17-13)16-14-5-4-11(15)8-10(14)2/h4-5,8,12-13,16H,3,6-7,9H2,1-2H3. The first-order valence-electron chi connectivity index (χ1n) is 6.33. The molecule has 1 aromatic carbocycles. The highest BCUT2D eigenvalue weighted by Gasteiger charge is 2.21. The van der Waals surface area contributed by atoms with Crippen molar-refractivity contribution >= 4 is 5.69 Å². The zero-order valence-electron chi connectivity index (χ0n) is 10.5. The summed E-state index contributed by atoms with van der Waals surface area (Å²) in [6.07, 6.45) is 3.48. The first kappa shape index (κ1) is 12.4. The lowest BCUT2D eigenvalue weighted by atomic mass is 10.0. The van der Waals surface area contributed by atoms with Crippen LogP contribution in [0.4, 0.5) is 10.1 Å². The molecule has 3 heteroatoms. The summed E-state index contributed by atoms with van der Waals surface area (Å²) >= 11 is 0. The summed E-state index contributed by atoms with van der Waals surface area (Å²) in [5.41, 5.74) is 2.00. The van der Waals surface area contributed by atoms with Gasteiger partial charge in [0.15, 0.2) is 0 Å². The fraction of sp³-hybridized carbons (Fsp3) is 0.571. The van der Waals surface area contributed by atoms with Crippen LogP contribution < -0.4 is 5.32 Å². The van der Waals surface area contributed by atoms with Gasteiger partial charge in [0.05, 0.1) is 6.10 Å². The molecule has 1 fully saturated rings. The maximum atomic E-state index is 13.0. The number of rotatable bonds is 3. The molecule has 2 rings (SSSR count). The Balaban J connectivity index is 2.00. The van der Waals surface area contributed by atoms with Crippen LogP contribution in [-0.4, -0.2) is 18.8 Å². The summed E-state index contributed by atoms with van der Waals surface area (Å²) in [7, 11) is 0. The van der Waals surface area contributed by atoms with Crippen LogP contribution in [0.5, 0.6) is 0 Å². The molecule has 0 spiro atoms. The third-order valence-corrected chi connectivity index (χ3v) is 3.37. The number of hydrogen-bond donors (Lipinski definition) is 1. The Hall–Kier alpha value is -1.09. The molecular formula is C14H20FNO. The molecule has 1 N–H and O–H groups in total. The minimum absolute atomic E-state index is 0.175. The average molecular weight is 237 g/mol. The molecule has 0 saturated carbocycles. The molecule has 1 heterocycles. The first-order valence-corrected chi connectivity index (χ1v) is 6.33. The molecule has 94 valence electrons. The Morgan fingerprint density at radius 1 is 1.47 bits per heavy atom. The average Bonchev–Trinajstić information content (AvgIpc) is 2.33. The number of hydrogen-bond acceptors (Lipinski definition) is 2. The van der Waals surface area contributed by atoms with Crippen molar-refractivity contribution in [2.45, 2.75) is 45.3 Å². The highest BCUT2D eigenvalue weighted by atomic mass is 19.1. The monoisotopic (exact) mass is 237 g/mol. The molecule has 2 unspecified atom stereocenters. The van der Waals surface area contributed by atoms with Crippen molar-refractivity contribution in [3.8, 4) is 0 Å². The lowest BCUT2D eigenvalue weighted by Gasteiger charge is -2.30. The highest BCUT2D eigenvalue weighted by molar-refractivity contribution is 5.51. The van der Waals surface area contributed by atoms with Crippen LogP contribution in [0.15, 0.2) is 18.2 Å². The summed E-state index contributed by atoms with van der Waals surface area (Å²) in [5, 5.41) is 3.49. The highest BCUT2D eigenvalue weighted by Crippen LogP contribution is 2.23. The number of ether oxygens (including phenoxy) is 1. The van der Waals surface area contributed by atoms with Crippen molar-refractivity contribution in [1.29, 1.82) is 0 Å². The molecule has 1 aliphatic heterocycles. The van der Waals surface area contributed by atoms with E-state index in [1.54, 1.807) is 6.07 Å². The summed E-state index contributed by atoms with van der Waals surface area (Å²) in [6.45, 7) is 4.90. The summed E-state index contributed by atoms with van der Waals surface area (Å²) in [6, 6.07) is 5.34. The fourth-order valence-electron chi connectivity index (χ4n) is 2.30. The third kappa shape index (κ3) is 3.19. The molecule has 0 radical (unpaired) electrons. The predicted octanol–water partition coefficient (Wildman–Crippen LogP) is 3.50. The smallest absolute Gasteiger partial charge is 0.123 e. The van der Waals surface area contributed by atoms with Crippen LogP contribution in [0.3, 0.4) is 0 Å². The zero-order chi connectivity index (χ0) is 12.3. The van der Waals surface area contributed by atoms with Gasteiger partial charge in [0.1, 0.15) is 5.82 Å². The molecule has 0 aromatic heterocycles.